The van der Waals surface area contributed by atoms with E-state index >= 15 is 0 Å². The topological polar surface area (TPSA) is 113 Å². The maximum absolute atomic E-state index is 13.5. The molecular formula is C23H23N3O5S. The molecule has 0 saturated carbocycles. The third-order valence-electron chi connectivity index (χ3n) is 6.24. The number of aromatic nitrogens is 2. The quantitative estimate of drug-likeness (QED) is 0.628. The van der Waals surface area contributed by atoms with Crippen LogP contribution < -0.4 is 4.74 Å². The zero-order valence-corrected chi connectivity index (χ0v) is 18.5. The second kappa shape index (κ2) is 7.37. The number of carbonyl (C=O) groups excluding carboxylic acids is 1. The van der Waals surface area contributed by atoms with Crippen LogP contribution in [0.2, 0.25) is 0 Å². The van der Waals surface area contributed by atoms with Gasteiger partial charge in [-0.2, -0.15) is 5.10 Å². The molecule has 0 aliphatic carbocycles. The minimum atomic E-state index is -3.20. The van der Waals surface area contributed by atoms with Crippen LogP contribution in [-0.4, -0.2) is 59.2 Å². The average Bonchev–Trinajstić information content (AvgIpc) is 3.43. The van der Waals surface area contributed by atoms with E-state index in [0.717, 1.165) is 11.1 Å². The number of nitrogens with one attached hydrogen (secondary N) is 1. The molecule has 0 bridgehead atoms. The first-order chi connectivity index (χ1) is 15.3. The summed E-state index contributed by atoms with van der Waals surface area (Å²) in [4.78, 5) is 15.1. The van der Waals surface area contributed by atoms with Gasteiger partial charge in [-0.25, -0.2) is 8.42 Å². The highest BCUT2D eigenvalue weighted by Crippen LogP contribution is 2.46. The summed E-state index contributed by atoms with van der Waals surface area (Å²) in [5.41, 5.74) is 3.74. The number of hydrogen-bond acceptors (Lipinski definition) is 6. The van der Waals surface area contributed by atoms with Gasteiger partial charge in [0.1, 0.15) is 22.9 Å². The minimum absolute atomic E-state index is 0.0614. The van der Waals surface area contributed by atoms with Crippen molar-refractivity contribution >= 4 is 15.7 Å². The molecule has 2 unspecified atom stereocenters. The van der Waals surface area contributed by atoms with E-state index in [1.54, 1.807) is 24.1 Å². The third kappa shape index (κ3) is 3.24. The molecule has 166 valence electrons. The van der Waals surface area contributed by atoms with Crippen LogP contribution in [0.4, 0.5) is 0 Å². The fraction of sp³-hybridized carbons (Fsp3) is 0.304. The molecule has 0 spiro atoms. The second-order valence-corrected chi connectivity index (χ2v) is 10.6. The molecule has 1 amide bonds. The van der Waals surface area contributed by atoms with Gasteiger partial charge in [0.15, 0.2) is 9.84 Å². The Morgan fingerprint density at radius 1 is 1.19 bits per heavy atom. The summed E-state index contributed by atoms with van der Waals surface area (Å²) < 4.78 is 29.7. The molecule has 2 aromatic carbocycles. The number of carbonyl (C=O) groups is 1. The van der Waals surface area contributed by atoms with E-state index in [2.05, 4.69) is 10.2 Å². The van der Waals surface area contributed by atoms with Crippen LogP contribution in [-0.2, 0) is 9.84 Å². The zero-order chi connectivity index (χ0) is 22.6. The third-order valence-corrected chi connectivity index (χ3v) is 7.99. The van der Waals surface area contributed by atoms with Gasteiger partial charge in [-0.3, -0.25) is 9.89 Å². The summed E-state index contributed by atoms with van der Waals surface area (Å²) in [6.07, 6.45) is 0.392. The van der Waals surface area contributed by atoms with Gasteiger partial charge in [0.25, 0.3) is 5.91 Å². The molecule has 5 rings (SSSR count). The molecule has 9 heteroatoms. The molecule has 2 aliphatic rings. The van der Waals surface area contributed by atoms with Gasteiger partial charge in [0.05, 0.1) is 24.7 Å². The molecule has 1 saturated heterocycles. The molecule has 3 heterocycles. The summed E-state index contributed by atoms with van der Waals surface area (Å²) in [5.74, 6) is 0.460. The highest BCUT2D eigenvalue weighted by Gasteiger charge is 2.48. The fourth-order valence-electron chi connectivity index (χ4n) is 4.70. The molecule has 8 nitrogen and oxygen atoms in total. The predicted molar refractivity (Wildman–Crippen MR) is 118 cm³/mol. The summed E-state index contributed by atoms with van der Waals surface area (Å²) in [6, 6.07) is 11.6. The summed E-state index contributed by atoms with van der Waals surface area (Å²) in [6.45, 7) is 1.91. The second-order valence-electron chi connectivity index (χ2n) is 8.33. The number of nitrogens with zero attached hydrogens (tertiary/aromatic N) is 2. The Hall–Kier alpha value is -3.33. The number of amides is 1. The van der Waals surface area contributed by atoms with Gasteiger partial charge in [-0.05, 0) is 43.2 Å². The number of ether oxygens (including phenoxy) is 1. The predicted octanol–water partition coefficient (Wildman–Crippen LogP) is 2.83. The highest BCUT2D eigenvalue weighted by atomic mass is 32.2. The number of aromatic amines is 1. The van der Waals surface area contributed by atoms with Crippen LogP contribution in [0.5, 0.6) is 11.5 Å². The van der Waals surface area contributed by atoms with Crippen molar-refractivity contribution < 1.29 is 23.1 Å². The van der Waals surface area contributed by atoms with E-state index in [4.69, 9.17) is 4.74 Å². The van der Waals surface area contributed by atoms with Crippen molar-refractivity contribution in [2.24, 2.45) is 0 Å². The number of hydrogen-bond donors (Lipinski definition) is 2. The van der Waals surface area contributed by atoms with Gasteiger partial charge >= 0.3 is 0 Å². The molecule has 2 N–H and O–H groups in total. The monoisotopic (exact) mass is 453 g/mol. The summed E-state index contributed by atoms with van der Waals surface area (Å²) >= 11 is 0. The van der Waals surface area contributed by atoms with Crippen molar-refractivity contribution in [1.82, 2.24) is 15.1 Å². The molecule has 32 heavy (non-hydrogen) atoms. The van der Waals surface area contributed by atoms with E-state index in [1.165, 1.54) is 0 Å². The molecule has 0 radical (unpaired) electrons. The molecule has 1 aromatic heterocycles. The number of sulfone groups is 1. The Bertz CT molecular complexity index is 1310. The van der Waals surface area contributed by atoms with Crippen LogP contribution in [0.1, 0.15) is 39.6 Å². The van der Waals surface area contributed by atoms with E-state index < -0.39 is 21.9 Å². The van der Waals surface area contributed by atoms with Crippen molar-refractivity contribution in [2.45, 2.75) is 25.4 Å². The van der Waals surface area contributed by atoms with E-state index in [-0.39, 0.29) is 23.2 Å². The van der Waals surface area contributed by atoms with Gasteiger partial charge < -0.3 is 14.7 Å². The van der Waals surface area contributed by atoms with Crippen LogP contribution in [0.3, 0.4) is 0 Å². The molecule has 1 fully saturated rings. The van der Waals surface area contributed by atoms with Crippen LogP contribution in [0, 0.1) is 6.92 Å². The van der Waals surface area contributed by atoms with Gasteiger partial charge in [0.2, 0.25) is 0 Å². The molecular weight excluding hydrogens is 430 g/mol. The van der Waals surface area contributed by atoms with Crippen LogP contribution in [0.25, 0.3) is 11.3 Å². The molecule has 2 aliphatic heterocycles. The lowest BCUT2D eigenvalue weighted by molar-refractivity contribution is 0.0677. The lowest BCUT2D eigenvalue weighted by atomic mass is 9.94. The number of benzene rings is 2. The molecule has 3 aromatic rings. The van der Waals surface area contributed by atoms with E-state index in [0.29, 0.717) is 34.7 Å². The maximum Gasteiger partial charge on any atom is 0.273 e. The summed E-state index contributed by atoms with van der Waals surface area (Å²) in [5, 5.41) is 17.8. The largest absolute Gasteiger partial charge is 0.507 e. The number of phenols is 1. The highest BCUT2D eigenvalue weighted by molar-refractivity contribution is 7.91. The number of rotatable bonds is 4. The lowest BCUT2D eigenvalue weighted by Gasteiger charge is -2.31. The van der Waals surface area contributed by atoms with Crippen LogP contribution in [0.15, 0.2) is 42.5 Å². The van der Waals surface area contributed by atoms with Crippen molar-refractivity contribution in [3.8, 4) is 22.8 Å². The Balaban J connectivity index is 1.69. The Labute approximate surface area is 185 Å². The number of aromatic hydroxyl groups is 1. The number of aryl methyl sites for hydroxylation is 1. The van der Waals surface area contributed by atoms with Crippen molar-refractivity contribution in [3.05, 3.63) is 64.8 Å². The van der Waals surface area contributed by atoms with Gasteiger partial charge in [-0.15, -0.1) is 0 Å². The van der Waals surface area contributed by atoms with E-state index in [1.807, 2.05) is 37.3 Å². The Morgan fingerprint density at radius 3 is 2.59 bits per heavy atom. The number of phenolic OH excluding ortho intramolecular Hbond substituents is 1. The SMILES string of the molecule is COc1ccc(C2c3c(-c4cc(C)ccc4O)n[nH]c3C(=O)N2C2CCS(=O)(=O)C2)cc1. The lowest BCUT2D eigenvalue weighted by Crippen LogP contribution is -2.40. The fourth-order valence-corrected chi connectivity index (χ4v) is 6.41. The first-order valence-electron chi connectivity index (χ1n) is 10.3. The van der Waals surface area contributed by atoms with Gasteiger partial charge in [-0.1, -0.05) is 23.8 Å². The standard InChI is InChI=1S/C23H23N3O5S/c1-13-3-8-18(27)17(11-13)20-19-21(25-24-20)23(28)26(15-9-10-32(29,30)12-15)22(19)14-4-6-16(31-2)7-5-14/h3-8,11,15,22,27H,9-10,12H2,1-2H3,(H,24,25). The maximum atomic E-state index is 13.5. The normalized spacial score (nSPS) is 21.7. The van der Waals surface area contributed by atoms with Crippen molar-refractivity contribution in [3.63, 3.8) is 0 Å². The number of H-pyrrole nitrogens is 1. The van der Waals surface area contributed by atoms with Crippen molar-refractivity contribution in [1.29, 1.82) is 0 Å². The first-order valence-corrected chi connectivity index (χ1v) is 12.2. The zero-order valence-electron chi connectivity index (χ0n) is 17.7. The van der Waals surface area contributed by atoms with Crippen molar-refractivity contribution in [2.75, 3.05) is 18.6 Å². The average molecular weight is 454 g/mol. The number of fused-ring (bicyclic) bond motifs is 1. The first kappa shape index (κ1) is 20.6. The number of methoxy groups -OCH3 is 1. The van der Waals surface area contributed by atoms with E-state index in [9.17, 15) is 18.3 Å². The van der Waals surface area contributed by atoms with Gasteiger partial charge in [0, 0.05) is 17.2 Å². The summed E-state index contributed by atoms with van der Waals surface area (Å²) in [7, 11) is -1.62. The Kier molecular flexibility index (Phi) is 4.74. The smallest absolute Gasteiger partial charge is 0.273 e. The van der Waals surface area contributed by atoms with Crippen LogP contribution >= 0.6 is 0 Å². The Morgan fingerprint density at radius 2 is 1.94 bits per heavy atom. The molecule has 2 atom stereocenters. The minimum Gasteiger partial charge on any atom is -0.507 e.